The molecule has 2 aliphatic rings. The molecule has 2 fully saturated rings. The number of aryl methyl sites for hydroxylation is 1. The maximum absolute atomic E-state index is 12.6. The van der Waals surface area contributed by atoms with Crippen molar-refractivity contribution in [3.8, 4) is 5.75 Å². The molecule has 2 aliphatic heterocycles. The molecule has 0 bridgehead atoms. The molecule has 1 N–H and O–H groups in total. The second-order valence-electron chi connectivity index (χ2n) is 7.00. The lowest BCUT2D eigenvalue weighted by Crippen LogP contribution is -2.48. The molecule has 6 nitrogen and oxygen atoms in total. The number of benzene rings is 1. The molecule has 0 aliphatic carbocycles. The average molecular weight is 352 g/mol. The number of anilines is 1. The molecule has 24 heavy (non-hydrogen) atoms. The summed E-state index contributed by atoms with van der Waals surface area (Å²) in [5.74, 6) is 1.07. The van der Waals surface area contributed by atoms with Gasteiger partial charge in [0, 0.05) is 18.5 Å². The minimum atomic E-state index is -2.96. The Bertz CT molecular complexity index is 747. The van der Waals surface area contributed by atoms with Crippen LogP contribution in [0.15, 0.2) is 18.2 Å². The molecule has 7 heteroatoms. The Morgan fingerprint density at radius 1 is 1.33 bits per heavy atom. The predicted molar refractivity (Wildman–Crippen MR) is 93.3 cm³/mol. The van der Waals surface area contributed by atoms with Crippen LogP contribution in [-0.4, -0.2) is 51.1 Å². The van der Waals surface area contributed by atoms with Crippen molar-refractivity contribution in [1.82, 2.24) is 4.90 Å². The fraction of sp³-hybridized carbons (Fsp3) is 0.588. The second-order valence-corrected chi connectivity index (χ2v) is 9.19. The molecule has 0 aromatic heterocycles. The number of carbonyl (C=O) groups excluding carboxylic acids is 1. The van der Waals surface area contributed by atoms with Crippen LogP contribution < -0.4 is 10.1 Å². The highest BCUT2D eigenvalue weighted by Crippen LogP contribution is 2.40. The highest BCUT2D eigenvalue weighted by Gasteiger charge is 2.45. The quantitative estimate of drug-likeness (QED) is 0.887. The van der Waals surface area contributed by atoms with Crippen LogP contribution in [0.2, 0.25) is 0 Å². The number of likely N-dealkylation sites (tertiary alicyclic amines) is 1. The van der Waals surface area contributed by atoms with Gasteiger partial charge in [0.25, 0.3) is 0 Å². The van der Waals surface area contributed by atoms with Gasteiger partial charge in [-0.05, 0) is 43.9 Å². The Morgan fingerprint density at radius 3 is 2.79 bits per heavy atom. The summed E-state index contributed by atoms with van der Waals surface area (Å²) >= 11 is 0. The van der Waals surface area contributed by atoms with E-state index in [2.05, 4.69) is 5.32 Å². The maximum atomic E-state index is 12.6. The van der Waals surface area contributed by atoms with Crippen LogP contribution in [0, 0.1) is 12.3 Å². The van der Waals surface area contributed by atoms with E-state index >= 15 is 0 Å². The van der Waals surface area contributed by atoms with Crippen LogP contribution in [-0.2, 0) is 9.84 Å². The van der Waals surface area contributed by atoms with Crippen molar-refractivity contribution >= 4 is 21.6 Å². The first-order valence-electron chi connectivity index (χ1n) is 8.24. The van der Waals surface area contributed by atoms with Crippen LogP contribution in [0.25, 0.3) is 0 Å². The van der Waals surface area contributed by atoms with E-state index in [1.165, 1.54) is 0 Å². The number of piperidine rings is 1. The Balaban J connectivity index is 1.72. The molecule has 2 saturated heterocycles. The maximum Gasteiger partial charge on any atom is 0.321 e. The van der Waals surface area contributed by atoms with Crippen molar-refractivity contribution in [3.05, 3.63) is 23.8 Å². The van der Waals surface area contributed by atoms with E-state index in [0.717, 1.165) is 18.4 Å². The molecule has 132 valence electrons. The topological polar surface area (TPSA) is 75.7 Å². The van der Waals surface area contributed by atoms with Gasteiger partial charge in [0.15, 0.2) is 9.84 Å². The van der Waals surface area contributed by atoms with E-state index in [4.69, 9.17) is 4.74 Å². The van der Waals surface area contributed by atoms with E-state index in [9.17, 15) is 13.2 Å². The van der Waals surface area contributed by atoms with Crippen LogP contribution in [0.4, 0.5) is 10.5 Å². The highest BCUT2D eigenvalue weighted by atomic mass is 32.2. The zero-order valence-electron chi connectivity index (χ0n) is 14.2. The number of hydrogen-bond acceptors (Lipinski definition) is 4. The molecule has 3 rings (SSSR count). The Labute approximate surface area is 143 Å². The Kier molecular flexibility index (Phi) is 4.46. The number of sulfone groups is 1. The van der Waals surface area contributed by atoms with Gasteiger partial charge in [-0.25, -0.2) is 13.2 Å². The normalized spacial score (nSPS) is 25.7. The first-order valence-corrected chi connectivity index (χ1v) is 10.1. The molecule has 0 saturated carbocycles. The molecule has 1 aromatic rings. The Hall–Kier alpha value is -1.76. The van der Waals surface area contributed by atoms with Crippen molar-refractivity contribution in [2.45, 2.75) is 26.2 Å². The van der Waals surface area contributed by atoms with Gasteiger partial charge in [-0.3, -0.25) is 0 Å². The fourth-order valence-electron chi connectivity index (χ4n) is 3.78. The van der Waals surface area contributed by atoms with Crippen molar-refractivity contribution in [3.63, 3.8) is 0 Å². The average Bonchev–Trinajstić information content (AvgIpc) is 2.83. The lowest BCUT2D eigenvalue weighted by atomic mass is 9.80. The lowest BCUT2D eigenvalue weighted by Gasteiger charge is -2.39. The van der Waals surface area contributed by atoms with Gasteiger partial charge in [0.05, 0.1) is 24.3 Å². The van der Waals surface area contributed by atoms with Crippen LogP contribution in [0.5, 0.6) is 5.75 Å². The number of nitrogens with zero attached hydrogens (tertiary/aromatic N) is 1. The highest BCUT2D eigenvalue weighted by molar-refractivity contribution is 7.91. The Morgan fingerprint density at radius 2 is 2.12 bits per heavy atom. The van der Waals surface area contributed by atoms with Crippen molar-refractivity contribution < 1.29 is 17.9 Å². The number of nitrogens with one attached hydrogen (secondary N) is 1. The van der Waals surface area contributed by atoms with Crippen molar-refractivity contribution in [2.75, 3.05) is 37.0 Å². The third kappa shape index (κ3) is 3.50. The smallest absolute Gasteiger partial charge is 0.321 e. The van der Waals surface area contributed by atoms with Gasteiger partial charge >= 0.3 is 6.03 Å². The summed E-state index contributed by atoms with van der Waals surface area (Å²) in [5.41, 5.74) is 1.43. The third-order valence-corrected chi connectivity index (χ3v) is 6.90. The van der Waals surface area contributed by atoms with Crippen LogP contribution in [0.3, 0.4) is 0 Å². The molecule has 1 spiro atoms. The number of carbonyl (C=O) groups is 1. The molecule has 1 unspecified atom stereocenters. The lowest BCUT2D eigenvalue weighted by molar-refractivity contribution is 0.129. The molecule has 2 amide bonds. The number of rotatable bonds is 2. The van der Waals surface area contributed by atoms with E-state index in [-0.39, 0.29) is 23.0 Å². The SMILES string of the molecule is COc1cc(C)ccc1NC(=O)N1CCCC2(CCS(=O)(=O)C2)C1. The number of hydrogen-bond donors (Lipinski definition) is 1. The molecular weight excluding hydrogens is 328 g/mol. The van der Waals surface area contributed by atoms with Gasteiger partial charge in [-0.2, -0.15) is 0 Å². The summed E-state index contributed by atoms with van der Waals surface area (Å²) in [6.45, 7) is 3.12. The summed E-state index contributed by atoms with van der Waals surface area (Å²) in [4.78, 5) is 14.4. The van der Waals surface area contributed by atoms with Crippen molar-refractivity contribution in [2.24, 2.45) is 5.41 Å². The summed E-state index contributed by atoms with van der Waals surface area (Å²) in [7, 11) is -1.38. The summed E-state index contributed by atoms with van der Waals surface area (Å²) in [6.07, 6.45) is 2.38. The second kappa shape index (κ2) is 6.27. The largest absolute Gasteiger partial charge is 0.495 e. The van der Waals surface area contributed by atoms with Gasteiger partial charge in [0.1, 0.15) is 5.75 Å². The van der Waals surface area contributed by atoms with Gasteiger partial charge < -0.3 is 15.0 Å². The molecule has 1 aromatic carbocycles. The fourth-order valence-corrected chi connectivity index (χ4v) is 5.98. The molecule has 0 radical (unpaired) electrons. The summed E-state index contributed by atoms with van der Waals surface area (Å²) in [5, 5.41) is 2.90. The standard InChI is InChI=1S/C17H24N2O4S/c1-13-4-5-14(15(10-13)23-2)18-16(20)19-8-3-6-17(11-19)7-9-24(21,22)12-17/h4-5,10H,3,6-9,11-12H2,1-2H3,(H,18,20). The van der Waals surface area contributed by atoms with Gasteiger partial charge in [-0.15, -0.1) is 0 Å². The zero-order chi connectivity index (χ0) is 17.4. The summed E-state index contributed by atoms with van der Waals surface area (Å²) < 4.78 is 29.0. The van der Waals surface area contributed by atoms with E-state index in [0.29, 0.717) is 30.9 Å². The first-order chi connectivity index (χ1) is 11.3. The number of ether oxygens (including phenoxy) is 1. The minimum Gasteiger partial charge on any atom is -0.495 e. The monoisotopic (exact) mass is 352 g/mol. The van der Waals surface area contributed by atoms with Crippen LogP contribution in [0.1, 0.15) is 24.8 Å². The van der Waals surface area contributed by atoms with Crippen molar-refractivity contribution in [1.29, 1.82) is 0 Å². The van der Waals surface area contributed by atoms with E-state index in [1.807, 2.05) is 25.1 Å². The van der Waals surface area contributed by atoms with E-state index < -0.39 is 9.84 Å². The molecule has 2 heterocycles. The zero-order valence-corrected chi connectivity index (χ0v) is 15.0. The first kappa shape index (κ1) is 17.1. The summed E-state index contributed by atoms with van der Waals surface area (Å²) in [6, 6.07) is 5.42. The van der Waals surface area contributed by atoms with Gasteiger partial charge in [-0.1, -0.05) is 6.07 Å². The van der Waals surface area contributed by atoms with E-state index in [1.54, 1.807) is 12.0 Å². The van der Waals surface area contributed by atoms with Crippen LogP contribution >= 0.6 is 0 Å². The third-order valence-electron chi connectivity index (χ3n) is 5.02. The van der Waals surface area contributed by atoms with Gasteiger partial charge in [0.2, 0.25) is 0 Å². The number of amides is 2. The number of methoxy groups -OCH3 is 1. The minimum absolute atomic E-state index is 0.194. The number of urea groups is 1. The molecule has 1 atom stereocenters. The predicted octanol–water partition coefficient (Wildman–Crippen LogP) is 2.44. The molecular formula is C17H24N2O4S.